The van der Waals surface area contributed by atoms with Crippen LogP contribution in [0.15, 0.2) is 36.7 Å². The highest BCUT2D eigenvalue weighted by Gasteiger charge is 2.37. The monoisotopic (exact) mass is 228 g/mol. The summed E-state index contributed by atoms with van der Waals surface area (Å²) in [5.74, 6) is 1.66. The molecule has 1 aromatic carbocycles. The Morgan fingerprint density at radius 1 is 1.35 bits per heavy atom. The Bertz CT molecular complexity index is 491. The second-order valence-corrected chi connectivity index (χ2v) is 4.60. The Balaban J connectivity index is 1.55. The highest BCUT2D eigenvalue weighted by molar-refractivity contribution is 5.27. The molecule has 1 N–H and O–H groups in total. The van der Waals surface area contributed by atoms with Gasteiger partial charge in [-0.25, -0.2) is 0 Å². The Morgan fingerprint density at radius 2 is 2.18 bits per heavy atom. The molecule has 1 heterocycles. The molecular formula is C13H16N4. The van der Waals surface area contributed by atoms with Crippen molar-refractivity contribution in [3.63, 3.8) is 0 Å². The van der Waals surface area contributed by atoms with Crippen LogP contribution in [0.3, 0.4) is 0 Å². The van der Waals surface area contributed by atoms with E-state index in [1.807, 2.05) is 11.6 Å². The summed E-state index contributed by atoms with van der Waals surface area (Å²) in [7, 11) is 1.97. The minimum absolute atomic E-state index is 0.592. The van der Waals surface area contributed by atoms with E-state index in [4.69, 9.17) is 0 Å². The summed E-state index contributed by atoms with van der Waals surface area (Å²) in [6.07, 6.45) is 2.96. The summed E-state index contributed by atoms with van der Waals surface area (Å²) in [5, 5.41) is 11.5. The van der Waals surface area contributed by atoms with Crippen LogP contribution < -0.4 is 5.32 Å². The van der Waals surface area contributed by atoms with Gasteiger partial charge in [-0.05, 0) is 12.0 Å². The molecule has 2 unspecified atom stereocenters. The molecule has 0 radical (unpaired) electrons. The van der Waals surface area contributed by atoms with Gasteiger partial charge in [0, 0.05) is 19.0 Å². The van der Waals surface area contributed by atoms with Crippen LogP contribution in [-0.4, -0.2) is 20.8 Å². The molecule has 17 heavy (non-hydrogen) atoms. The number of rotatable bonds is 4. The van der Waals surface area contributed by atoms with Gasteiger partial charge in [0.2, 0.25) is 0 Å². The number of nitrogens with zero attached hydrogens (tertiary/aromatic N) is 3. The Hall–Kier alpha value is -1.68. The minimum Gasteiger partial charge on any atom is -0.320 e. The van der Waals surface area contributed by atoms with E-state index in [1.165, 1.54) is 12.0 Å². The first-order valence-corrected chi connectivity index (χ1v) is 5.96. The van der Waals surface area contributed by atoms with E-state index < -0.39 is 0 Å². The molecule has 1 aliphatic carbocycles. The topological polar surface area (TPSA) is 42.7 Å². The fraction of sp³-hybridized carbons (Fsp3) is 0.385. The Kier molecular flexibility index (Phi) is 2.65. The molecule has 88 valence electrons. The summed E-state index contributed by atoms with van der Waals surface area (Å²) in [6, 6.07) is 11.3. The highest BCUT2D eigenvalue weighted by atomic mass is 15.3. The van der Waals surface area contributed by atoms with Gasteiger partial charge in [-0.3, -0.25) is 0 Å². The van der Waals surface area contributed by atoms with E-state index in [-0.39, 0.29) is 0 Å². The van der Waals surface area contributed by atoms with Crippen molar-refractivity contribution in [2.75, 3.05) is 0 Å². The summed E-state index contributed by atoms with van der Waals surface area (Å²) in [4.78, 5) is 0. The molecule has 4 nitrogen and oxygen atoms in total. The lowest BCUT2D eigenvalue weighted by Gasteiger charge is -2.03. The molecule has 1 fully saturated rings. The van der Waals surface area contributed by atoms with E-state index in [0.29, 0.717) is 12.0 Å². The molecular weight excluding hydrogens is 212 g/mol. The minimum atomic E-state index is 0.592. The Morgan fingerprint density at radius 3 is 2.88 bits per heavy atom. The van der Waals surface area contributed by atoms with E-state index in [0.717, 1.165) is 12.4 Å². The van der Waals surface area contributed by atoms with E-state index in [2.05, 4.69) is 45.8 Å². The average Bonchev–Trinajstić information content (AvgIpc) is 3.04. The third-order valence-electron chi connectivity index (χ3n) is 3.35. The zero-order valence-electron chi connectivity index (χ0n) is 9.87. The quantitative estimate of drug-likeness (QED) is 0.861. The van der Waals surface area contributed by atoms with Crippen molar-refractivity contribution in [3.8, 4) is 0 Å². The predicted octanol–water partition coefficient (Wildman–Crippen LogP) is 1.46. The molecule has 1 aromatic heterocycles. The van der Waals surface area contributed by atoms with Crippen molar-refractivity contribution in [3.05, 3.63) is 48.0 Å². The molecule has 1 saturated carbocycles. The van der Waals surface area contributed by atoms with Crippen molar-refractivity contribution in [2.45, 2.75) is 24.9 Å². The molecule has 4 heteroatoms. The van der Waals surface area contributed by atoms with Gasteiger partial charge in [0.25, 0.3) is 0 Å². The zero-order chi connectivity index (χ0) is 11.7. The standard InChI is InChI=1S/C13H16N4/c1-17-9-15-16-13(17)8-14-12-7-11(12)10-5-3-2-4-6-10/h2-6,9,11-12,14H,7-8H2,1H3. The summed E-state index contributed by atoms with van der Waals surface area (Å²) in [5.41, 5.74) is 1.43. The predicted molar refractivity (Wildman–Crippen MR) is 65.4 cm³/mol. The number of aryl methyl sites for hydroxylation is 1. The van der Waals surface area contributed by atoms with Crippen LogP contribution >= 0.6 is 0 Å². The van der Waals surface area contributed by atoms with Crippen LogP contribution in [0.5, 0.6) is 0 Å². The summed E-state index contributed by atoms with van der Waals surface area (Å²) >= 11 is 0. The molecule has 2 atom stereocenters. The van der Waals surface area contributed by atoms with Gasteiger partial charge >= 0.3 is 0 Å². The summed E-state index contributed by atoms with van der Waals surface area (Å²) in [6.45, 7) is 0.796. The average molecular weight is 228 g/mol. The van der Waals surface area contributed by atoms with Gasteiger partial charge in [0.1, 0.15) is 12.2 Å². The SMILES string of the molecule is Cn1cnnc1CNC1CC1c1ccccc1. The van der Waals surface area contributed by atoms with Gasteiger partial charge in [-0.2, -0.15) is 0 Å². The Labute approximate surface area is 101 Å². The van der Waals surface area contributed by atoms with E-state index in [1.54, 1.807) is 6.33 Å². The third kappa shape index (κ3) is 2.22. The zero-order valence-corrected chi connectivity index (χ0v) is 9.87. The van der Waals surface area contributed by atoms with Crippen LogP contribution in [0.4, 0.5) is 0 Å². The first-order chi connectivity index (χ1) is 8.34. The fourth-order valence-corrected chi connectivity index (χ4v) is 2.18. The number of nitrogens with one attached hydrogen (secondary N) is 1. The number of hydrogen-bond acceptors (Lipinski definition) is 3. The lowest BCUT2D eigenvalue weighted by Crippen LogP contribution is -2.19. The van der Waals surface area contributed by atoms with Crippen molar-refractivity contribution in [1.82, 2.24) is 20.1 Å². The smallest absolute Gasteiger partial charge is 0.146 e. The molecule has 3 rings (SSSR count). The highest BCUT2D eigenvalue weighted by Crippen LogP contribution is 2.40. The molecule has 1 aliphatic rings. The van der Waals surface area contributed by atoms with Crippen molar-refractivity contribution in [1.29, 1.82) is 0 Å². The van der Waals surface area contributed by atoms with Gasteiger partial charge in [0.05, 0.1) is 6.54 Å². The van der Waals surface area contributed by atoms with Gasteiger partial charge in [-0.15, -0.1) is 10.2 Å². The van der Waals surface area contributed by atoms with E-state index in [9.17, 15) is 0 Å². The van der Waals surface area contributed by atoms with Gasteiger partial charge in [0.15, 0.2) is 0 Å². The lowest BCUT2D eigenvalue weighted by atomic mass is 10.1. The second kappa shape index (κ2) is 4.30. The van der Waals surface area contributed by atoms with Crippen LogP contribution in [-0.2, 0) is 13.6 Å². The molecule has 2 aromatic rings. The second-order valence-electron chi connectivity index (χ2n) is 4.60. The van der Waals surface area contributed by atoms with Gasteiger partial charge in [-0.1, -0.05) is 30.3 Å². The summed E-state index contributed by atoms with van der Waals surface area (Å²) < 4.78 is 1.95. The van der Waals surface area contributed by atoms with Gasteiger partial charge < -0.3 is 9.88 Å². The maximum atomic E-state index is 4.06. The van der Waals surface area contributed by atoms with Crippen molar-refractivity contribution >= 4 is 0 Å². The number of aromatic nitrogens is 3. The maximum absolute atomic E-state index is 4.06. The normalized spacial score (nSPS) is 22.6. The molecule has 0 bridgehead atoms. The van der Waals surface area contributed by atoms with Crippen LogP contribution in [0.25, 0.3) is 0 Å². The van der Waals surface area contributed by atoms with Crippen LogP contribution in [0.1, 0.15) is 23.7 Å². The van der Waals surface area contributed by atoms with Crippen molar-refractivity contribution < 1.29 is 0 Å². The molecule has 0 amide bonds. The number of benzene rings is 1. The first kappa shape index (κ1) is 10.5. The molecule has 0 aliphatic heterocycles. The van der Waals surface area contributed by atoms with Crippen LogP contribution in [0, 0.1) is 0 Å². The van der Waals surface area contributed by atoms with E-state index >= 15 is 0 Å². The largest absolute Gasteiger partial charge is 0.320 e. The lowest BCUT2D eigenvalue weighted by molar-refractivity contribution is 0.624. The first-order valence-electron chi connectivity index (χ1n) is 5.96. The number of hydrogen-bond donors (Lipinski definition) is 1. The molecule has 0 spiro atoms. The third-order valence-corrected chi connectivity index (χ3v) is 3.35. The molecule has 0 saturated heterocycles. The fourth-order valence-electron chi connectivity index (χ4n) is 2.18. The van der Waals surface area contributed by atoms with Crippen molar-refractivity contribution in [2.24, 2.45) is 7.05 Å². The maximum Gasteiger partial charge on any atom is 0.146 e. The van der Waals surface area contributed by atoms with Crippen LogP contribution in [0.2, 0.25) is 0 Å².